The summed E-state index contributed by atoms with van der Waals surface area (Å²) in [5.41, 5.74) is 9.47. The summed E-state index contributed by atoms with van der Waals surface area (Å²) in [6.45, 7) is 1.81. The molecule has 3 nitrogen and oxygen atoms in total. The van der Waals surface area contributed by atoms with E-state index in [0.717, 1.165) is 13.1 Å². The second kappa shape index (κ2) is 8.27. The molecule has 0 spiro atoms. The van der Waals surface area contributed by atoms with Crippen molar-refractivity contribution in [1.29, 1.82) is 0 Å². The van der Waals surface area contributed by atoms with Crippen LogP contribution in [-0.4, -0.2) is 17.2 Å². The van der Waals surface area contributed by atoms with Crippen LogP contribution in [0.1, 0.15) is 21.5 Å². The molecule has 0 aromatic heterocycles. The third kappa shape index (κ3) is 5.03. The molecule has 0 heterocycles. The lowest BCUT2D eigenvalue weighted by Crippen LogP contribution is -2.29. The molecule has 0 saturated carbocycles. The molecule has 126 valence electrons. The zero-order valence-electron chi connectivity index (χ0n) is 14.1. The van der Waals surface area contributed by atoms with E-state index in [-0.39, 0.29) is 5.78 Å². The summed E-state index contributed by atoms with van der Waals surface area (Å²) in [4.78, 5) is 14.9. The largest absolute Gasteiger partial charge is 0.399 e. The molecule has 0 radical (unpaired) electrons. The maximum Gasteiger partial charge on any atom is 0.176 e. The standard InChI is InChI=1S/C22H22N2O/c23-21-13-7-12-20(14-21)22(25)17-24(15-18-8-3-1-4-9-18)16-19-10-5-2-6-11-19/h1-14H,15-17,23H2. The molecular weight excluding hydrogens is 308 g/mol. The summed E-state index contributed by atoms with van der Waals surface area (Å²) in [5, 5.41) is 0. The molecule has 0 amide bonds. The third-order valence-electron chi connectivity index (χ3n) is 4.07. The quantitative estimate of drug-likeness (QED) is 0.523. The van der Waals surface area contributed by atoms with E-state index in [9.17, 15) is 4.79 Å². The van der Waals surface area contributed by atoms with E-state index in [2.05, 4.69) is 29.2 Å². The van der Waals surface area contributed by atoms with E-state index in [0.29, 0.717) is 17.8 Å². The second-order valence-electron chi connectivity index (χ2n) is 6.16. The van der Waals surface area contributed by atoms with Crippen LogP contribution in [0.5, 0.6) is 0 Å². The predicted octanol–water partition coefficient (Wildman–Crippen LogP) is 4.15. The molecule has 2 N–H and O–H groups in total. The number of hydrogen-bond acceptors (Lipinski definition) is 3. The van der Waals surface area contributed by atoms with Crippen molar-refractivity contribution in [2.24, 2.45) is 0 Å². The minimum atomic E-state index is 0.0826. The molecule has 0 unspecified atom stereocenters. The van der Waals surface area contributed by atoms with E-state index < -0.39 is 0 Å². The number of nitrogen functional groups attached to an aromatic ring is 1. The fourth-order valence-electron chi connectivity index (χ4n) is 2.86. The summed E-state index contributed by atoms with van der Waals surface area (Å²) < 4.78 is 0. The fraction of sp³-hybridized carbons (Fsp3) is 0.136. The van der Waals surface area contributed by atoms with Gasteiger partial charge < -0.3 is 5.73 Å². The lowest BCUT2D eigenvalue weighted by atomic mass is 10.1. The predicted molar refractivity (Wildman–Crippen MR) is 102 cm³/mol. The first-order valence-electron chi connectivity index (χ1n) is 8.39. The Morgan fingerprint density at radius 1 is 0.760 bits per heavy atom. The molecular formula is C22H22N2O. The molecule has 0 fully saturated rings. The van der Waals surface area contributed by atoms with E-state index in [4.69, 9.17) is 5.73 Å². The summed E-state index contributed by atoms with van der Waals surface area (Å²) in [5.74, 6) is 0.0826. The number of hydrogen-bond donors (Lipinski definition) is 1. The number of Topliss-reactive ketones (excluding diaryl/α,β-unsaturated/α-hetero) is 1. The fourth-order valence-corrected chi connectivity index (χ4v) is 2.86. The number of rotatable bonds is 7. The van der Waals surface area contributed by atoms with Crippen LogP contribution in [0.2, 0.25) is 0 Å². The molecule has 0 aliphatic heterocycles. The van der Waals surface area contributed by atoms with Crippen molar-refractivity contribution in [3.63, 3.8) is 0 Å². The Bertz CT molecular complexity index is 774. The van der Waals surface area contributed by atoms with Gasteiger partial charge >= 0.3 is 0 Å². The molecule has 3 rings (SSSR count). The SMILES string of the molecule is Nc1cccc(C(=O)CN(Cc2ccccc2)Cc2ccccc2)c1. The van der Waals surface area contributed by atoms with Gasteiger partial charge in [0.05, 0.1) is 6.54 Å². The van der Waals surface area contributed by atoms with Crippen LogP contribution in [0, 0.1) is 0 Å². The van der Waals surface area contributed by atoms with Gasteiger partial charge in [0.2, 0.25) is 0 Å². The Balaban J connectivity index is 1.76. The highest BCUT2D eigenvalue weighted by Crippen LogP contribution is 2.13. The first kappa shape index (κ1) is 16.9. The van der Waals surface area contributed by atoms with Gasteiger partial charge in [-0.05, 0) is 23.3 Å². The van der Waals surface area contributed by atoms with Crippen molar-refractivity contribution in [3.05, 3.63) is 102 Å². The molecule has 0 bridgehead atoms. The van der Waals surface area contributed by atoms with Gasteiger partial charge in [0.25, 0.3) is 0 Å². The Kier molecular flexibility index (Phi) is 5.60. The minimum absolute atomic E-state index is 0.0826. The van der Waals surface area contributed by atoms with E-state index in [1.165, 1.54) is 11.1 Å². The first-order chi connectivity index (χ1) is 12.2. The van der Waals surface area contributed by atoms with Crippen molar-refractivity contribution in [2.45, 2.75) is 13.1 Å². The summed E-state index contributed by atoms with van der Waals surface area (Å²) in [6.07, 6.45) is 0. The molecule has 0 aliphatic carbocycles. The monoisotopic (exact) mass is 330 g/mol. The summed E-state index contributed by atoms with van der Waals surface area (Å²) in [7, 11) is 0. The van der Waals surface area contributed by atoms with Gasteiger partial charge in [0, 0.05) is 24.3 Å². The van der Waals surface area contributed by atoms with E-state index >= 15 is 0 Å². The number of nitrogens with zero attached hydrogens (tertiary/aromatic N) is 1. The number of ketones is 1. The smallest absolute Gasteiger partial charge is 0.176 e. The molecule has 0 saturated heterocycles. The lowest BCUT2D eigenvalue weighted by molar-refractivity contribution is 0.0920. The van der Waals surface area contributed by atoms with Crippen LogP contribution < -0.4 is 5.73 Å². The Morgan fingerprint density at radius 2 is 1.32 bits per heavy atom. The van der Waals surface area contributed by atoms with Crippen LogP contribution in [0.3, 0.4) is 0 Å². The Morgan fingerprint density at radius 3 is 1.84 bits per heavy atom. The van der Waals surface area contributed by atoms with Crippen LogP contribution in [0.4, 0.5) is 5.69 Å². The normalized spacial score (nSPS) is 10.8. The van der Waals surface area contributed by atoms with Gasteiger partial charge in [-0.15, -0.1) is 0 Å². The van der Waals surface area contributed by atoms with Gasteiger partial charge in [-0.1, -0.05) is 72.8 Å². The number of nitrogens with two attached hydrogens (primary N) is 1. The van der Waals surface area contributed by atoms with Crippen molar-refractivity contribution in [3.8, 4) is 0 Å². The summed E-state index contributed by atoms with van der Waals surface area (Å²) >= 11 is 0. The maximum atomic E-state index is 12.7. The van der Waals surface area contributed by atoms with Gasteiger partial charge in [0.1, 0.15) is 0 Å². The molecule has 3 aromatic carbocycles. The topological polar surface area (TPSA) is 46.3 Å². The molecule has 0 aliphatic rings. The van der Waals surface area contributed by atoms with Gasteiger partial charge in [0.15, 0.2) is 5.78 Å². The van der Waals surface area contributed by atoms with Crippen molar-refractivity contribution in [1.82, 2.24) is 4.90 Å². The minimum Gasteiger partial charge on any atom is -0.399 e. The average Bonchev–Trinajstić information content (AvgIpc) is 2.63. The summed E-state index contributed by atoms with van der Waals surface area (Å²) in [6, 6.07) is 27.6. The third-order valence-corrected chi connectivity index (χ3v) is 4.07. The van der Waals surface area contributed by atoms with Gasteiger partial charge in [-0.3, -0.25) is 9.69 Å². The average molecular weight is 330 g/mol. The second-order valence-corrected chi connectivity index (χ2v) is 6.16. The number of benzene rings is 3. The molecule has 25 heavy (non-hydrogen) atoms. The zero-order chi connectivity index (χ0) is 17.5. The molecule has 3 heteroatoms. The molecule has 3 aromatic rings. The van der Waals surface area contributed by atoms with Crippen LogP contribution in [-0.2, 0) is 13.1 Å². The highest BCUT2D eigenvalue weighted by atomic mass is 16.1. The van der Waals surface area contributed by atoms with Crippen LogP contribution in [0.15, 0.2) is 84.9 Å². The van der Waals surface area contributed by atoms with Gasteiger partial charge in [-0.2, -0.15) is 0 Å². The number of carbonyl (C=O) groups excluding carboxylic acids is 1. The first-order valence-corrected chi connectivity index (χ1v) is 8.39. The van der Waals surface area contributed by atoms with E-state index in [1.807, 2.05) is 48.5 Å². The maximum absolute atomic E-state index is 12.7. The Hall–Kier alpha value is -2.91. The lowest BCUT2D eigenvalue weighted by Gasteiger charge is -2.22. The van der Waals surface area contributed by atoms with Crippen molar-refractivity contribution in [2.75, 3.05) is 12.3 Å². The Labute approximate surface area is 148 Å². The van der Waals surface area contributed by atoms with Gasteiger partial charge in [-0.25, -0.2) is 0 Å². The number of carbonyl (C=O) groups is 1. The van der Waals surface area contributed by atoms with Crippen LogP contribution >= 0.6 is 0 Å². The highest BCUT2D eigenvalue weighted by molar-refractivity contribution is 5.98. The number of anilines is 1. The highest BCUT2D eigenvalue weighted by Gasteiger charge is 2.14. The zero-order valence-corrected chi connectivity index (χ0v) is 14.1. The van der Waals surface area contributed by atoms with Crippen LogP contribution in [0.25, 0.3) is 0 Å². The molecule has 0 atom stereocenters. The van der Waals surface area contributed by atoms with Crippen molar-refractivity contribution < 1.29 is 4.79 Å². The van der Waals surface area contributed by atoms with E-state index in [1.54, 1.807) is 12.1 Å². The van der Waals surface area contributed by atoms with Crippen molar-refractivity contribution >= 4 is 11.5 Å².